The number of aryl methyl sites for hydroxylation is 1. The van der Waals surface area contributed by atoms with Crippen molar-refractivity contribution in [3.63, 3.8) is 0 Å². The summed E-state index contributed by atoms with van der Waals surface area (Å²) in [5.74, 6) is 1.91. The number of nitriles is 1. The molecular formula is C21H21N3O. The van der Waals surface area contributed by atoms with E-state index in [0.717, 1.165) is 27.9 Å². The van der Waals surface area contributed by atoms with Gasteiger partial charge in [-0.05, 0) is 54.3 Å². The van der Waals surface area contributed by atoms with Crippen molar-refractivity contribution in [3.8, 4) is 11.8 Å². The van der Waals surface area contributed by atoms with Gasteiger partial charge in [0, 0.05) is 0 Å². The van der Waals surface area contributed by atoms with Crippen LogP contribution in [0.4, 0.5) is 0 Å². The highest BCUT2D eigenvalue weighted by Crippen LogP contribution is 2.21. The van der Waals surface area contributed by atoms with Gasteiger partial charge >= 0.3 is 0 Å². The van der Waals surface area contributed by atoms with Crippen LogP contribution in [0.3, 0.4) is 0 Å². The normalized spacial score (nSPS) is 11.7. The summed E-state index contributed by atoms with van der Waals surface area (Å²) in [7, 11) is 0. The average molecular weight is 331 g/mol. The zero-order valence-corrected chi connectivity index (χ0v) is 14.7. The molecule has 3 rings (SSSR count). The lowest BCUT2D eigenvalue weighted by Crippen LogP contribution is -2.04. The van der Waals surface area contributed by atoms with E-state index in [1.54, 1.807) is 0 Å². The fourth-order valence-corrected chi connectivity index (χ4v) is 2.49. The molecule has 126 valence electrons. The van der Waals surface area contributed by atoms with Gasteiger partial charge in [0.05, 0.1) is 23.2 Å². The molecule has 2 aromatic carbocycles. The number of benzene rings is 2. The van der Waals surface area contributed by atoms with Gasteiger partial charge in [-0.3, -0.25) is 0 Å². The van der Waals surface area contributed by atoms with E-state index in [4.69, 9.17) is 4.74 Å². The molecule has 0 aliphatic carbocycles. The topological polar surface area (TPSA) is 61.7 Å². The van der Waals surface area contributed by atoms with Crippen LogP contribution < -0.4 is 4.74 Å². The second-order valence-electron chi connectivity index (χ2n) is 6.55. The van der Waals surface area contributed by atoms with E-state index in [-0.39, 0.29) is 0 Å². The van der Waals surface area contributed by atoms with E-state index in [1.807, 2.05) is 55.5 Å². The molecule has 0 saturated carbocycles. The standard InChI is InChI=1S/C21H21N3O/c1-14(2)13-25-18-7-5-16(6-8-18)11-17(12-22)21-23-19-9-4-15(3)10-20(19)24-21/h4-11,14H,13H2,1-3H3,(H,23,24)/b17-11-. The van der Waals surface area contributed by atoms with Gasteiger partial charge < -0.3 is 9.72 Å². The van der Waals surface area contributed by atoms with Crippen molar-refractivity contribution in [2.75, 3.05) is 6.61 Å². The zero-order valence-electron chi connectivity index (χ0n) is 14.7. The summed E-state index contributed by atoms with van der Waals surface area (Å²) in [6.45, 7) is 6.96. The maximum atomic E-state index is 9.52. The molecule has 0 aliphatic heterocycles. The number of hydrogen-bond donors (Lipinski definition) is 1. The SMILES string of the molecule is Cc1ccc2nc(/C(C#N)=C\c3ccc(OCC(C)C)cc3)[nH]c2c1. The Morgan fingerprint density at radius 1 is 1.24 bits per heavy atom. The highest BCUT2D eigenvalue weighted by atomic mass is 16.5. The largest absolute Gasteiger partial charge is 0.493 e. The maximum absolute atomic E-state index is 9.52. The molecule has 0 aliphatic rings. The Morgan fingerprint density at radius 3 is 2.68 bits per heavy atom. The first-order valence-corrected chi connectivity index (χ1v) is 8.36. The molecule has 3 aromatic rings. The summed E-state index contributed by atoms with van der Waals surface area (Å²) in [4.78, 5) is 7.74. The van der Waals surface area contributed by atoms with Gasteiger partial charge in [0.25, 0.3) is 0 Å². The first-order chi connectivity index (χ1) is 12.0. The number of hydrogen-bond acceptors (Lipinski definition) is 3. The van der Waals surface area contributed by atoms with Crippen molar-refractivity contribution in [2.45, 2.75) is 20.8 Å². The number of aromatic nitrogens is 2. The highest BCUT2D eigenvalue weighted by molar-refractivity contribution is 5.90. The molecule has 1 aromatic heterocycles. The lowest BCUT2D eigenvalue weighted by Gasteiger charge is -2.08. The Kier molecular flexibility index (Phi) is 4.85. The molecule has 0 amide bonds. The predicted octanol–water partition coefficient (Wildman–Crippen LogP) is 4.97. The smallest absolute Gasteiger partial charge is 0.149 e. The third-order valence-corrected chi connectivity index (χ3v) is 3.79. The number of H-pyrrole nitrogens is 1. The Labute approximate surface area is 147 Å². The van der Waals surface area contributed by atoms with E-state index >= 15 is 0 Å². The fraction of sp³-hybridized carbons (Fsp3) is 0.238. The van der Waals surface area contributed by atoms with Crippen molar-refractivity contribution in [1.82, 2.24) is 9.97 Å². The molecule has 4 nitrogen and oxygen atoms in total. The summed E-state index contributed by atoms with van der Waals surface area (Å²) in [5.41, 5.74) is 4.39. The Balaban J connectivity index is 1.85. The number of allylic oxidation sites excluding steroid dienone is 1. The van der Waals surface area contributed by atoms with Gasteiger partial charge in [-0.25, -0.2) is 4.98 Å². The summed E-state index contributed by atoms with van der Waals surface area (Å²) in [6.07, 6.45) is 1.83. The van der Waals surface area contributed by atoms with Gasteiger partial charge in [-0.15, -0.1) is 0 Å². The van der Waals surface area contributed by atoms with Crippen LogP contribution in [-0.2, 0) is 0 Å². The predicted molar refractivity (Wildman–Crippen MR) is 101 cm³/mol. The number of rotatable bonds is 5. The third kappa shape index (κ3) is 4.07. The minimum absolute atomic E-state index is 0.487. The molecule has 0 atom stereocenters. The number of ether oxygens (including phenoxy) is 1. The lowest BCUT2D eigenvalue weighted by molar-refractivity contribution is 0.271. The van der Waals surface area contributed by atoms with E-state index in [0.29, 0.717) is 23.9 Å². The summed E-state index contributed by atoms with van der Waals surface area (Å²) >= 11 is 0. The van der Waals surface area contributed by atoms with Crippen molar-refractivity contribution in [3.05, 3.63) is 59.4 Å². The molecule has 0 saturated heterocycles. The van der Waals surface area contributed by atoms with Gasteiger partial charge in [-0.2, -0.15) is 5.26 Å². The van der Waals surface area contributed by atoms with E-state index in [9.17, 15) is 5.26 Å². The number of aromatic amines is 1. The maximum Gasteiger partial charge on any atom is 0.149 e. The summed E-state index contributed by atoms with van der Waals surface area (Å²) in [5, 5.41) is 9.52. The number of nitrogens with one attached hydrogen (secondary N) is 1. The van der Waals surface area contributed by atoms with Crippen molar-refractivity contribution in [1.29, 1.82) is 5.26 Å². The van der Waals surface area contributed by atoms with Crippen LogP contribution in [0, 0.1) is 24.2 Å². The molecule has 1 N–H and O–H groups in total. The zero-order chi connectivity index (χ0) is 17.8. The first-order valence-electron chi connectivity index (χ1n) is 8.36. The van der Waals surface area contributed by atoms with E-state index in [1.165, 1.54) is 0 Å². The summed E-state index contributed by atoms with van der Waals surface area (Å²) in [6, 6.07) is 16.0. The second kappa shape index (κ2) is 7.23. The minimum Gasteiger partial charge on any atom is -0.493 e. The molecule has 1 heterocycles. The van der Waals surface area contributed by atoms with Crippen LogP contribution in [-0.4, -0.2) is 16.6 Å². The number of fused-ring (bicyclic) bond motifs is 1. The summed E-state index contributed by atoms with van der Waals surface area (Å²) < 4.78 is 5.69. The minimum atomic E-state index is 0.487. The molecule has 25 heavy (non-hydrogen) atoms. The van der Waals surface area contributed by atoms with Crippen LogP contribution in [0.15, 0.2) is 42.5 Å². The molecule has 0 spiro atoms. The quantitative estimate of drug-likeness (QED) is 0.671. The van der Waals surface area contributed by atoms with Crippen LogP contribution in [0.1, 0.15) is 30.8 Å². The van der Waals surface area contributed by atoms with Gasteiger partial charge in [0.1, 0.15) is 17.6 Å². The van der Waals surface area contributed by atoms with E-state index in [2.05, 4.69) is 29.9 Å². The Hall–Kier alpha value is -3.06. The Bertz CT molecular complexity index is 943. The van der Waals surface area contributed by atoms with Gasteiger partial charge in [0.15, 0.2) is 0 Å². The molecule has 0 unspecified atom stereocenters. The number of imidazole rings is 1. The number of nitrogens with zero attached hydrogens (tertiary/aromatic N) is 2. The molecule has 0 bridgehead atoms. The van der Waals surface area contributed by atoms with Crippen LogP contribution in [0.2, 0.25) is 0 Å². The fourth-order valence-electron chi connectivity index (χ4n) is 2.49. The lowest BCUT2D eigenvalue weighted by atomic mass is 10.1. The second-order valence-corrected chi connectivity index (χ2v) is 6.55. The van der Waals surface area contributed by atoms with Crippen molar-refractivity contribution < 1.29 is 4.74 Å². The average Bonchev–Trinajstić information content (AvgIpc) is 3.01. The molecule has 0 radical (unpaired) electrons. The molecular weight excluding hydrogens is 310 g/mol. The van der Waals surface area contributed by atoms with Crippen molar-refractivity contribution in [2.24, 2.45) is 5.92 Å². The van der Waals surface area contributed by atoms with Crippen LogP contribution >= 0.6 is 0 Å². The third-order valence-electron chi connectivity index (χ3n) is 3.79. The van der Waals surface area contributed by atoms with Crippen molar-refractivity contribution >= 4 is 22.7 Å². The van der Waals surface area contributed by atoms with Crippen LogP contribution in [0.25, 0.3) is 22.7 Å². The monoisotopic (exact) mass is 331 g/mol. The van der Waals surface area contributed by atoms with Crippen LogP contribution in [0.5, 0.6) is 5.75 Å². The highest BCUT2D eigenvalue weighted by Gasteiger charge is 2.08. The Morgan fingerprint density at radius 2 is 2.00 bits per heavy atom. The van der Waals surface area contributed by atoms with Gasteiger partial charge in [-0.1, -0.05) is 32.0 Å². The van der Waals surface area contributed by atoms with Gasteiger partial charge in [0.2, 0.25) is 0 Å². The molecule has 0 fully saturated rings. The molecule has 4 heteroatoms. The first kappa shape index (κ1) is 16.8. The van der Waals surface area contributed by atoms with E-state index < -0.39 is 0 Å².